The van der Waals surface area contributed by atoms with Crippen molar-refractivity contribution in [3.05, 3.63) is 35.2 Å². The maximum absolute atomic E-state index is 12.2. The molecule has 2 aromatic rings. The summed E-state index contributed by atoms with van der Waals surface area (Å²) in [6.07, 6.45) is 0. The SMILES string of the molecule is Cc1ccc(S(=O)(=O)Nc2nc(C)ns2)c(C)c1. The Hall–Kier alpha value is -1.47. The van der Waals surface area contributed by atoms with Crippen molar-refractivity contribution in [1.82, 2.24) is 9.36 Å². The second-order valence-corrected chi connectivity index (χ2v) is 6.42. The van der Waals surface area contributed by atoms with E-state index in [0.717, 1.165) is 17.1 Å². The van der Waals surface area contributed by atoms with Crippen LogP contribution in [-0.2, 0) is 10.0 Å². The molecule has 0 aliphatic carbocycles. The van der Waals surface area contributed by atoms with Gasteiger partial charge in [-0.15, -0.1) is 0 Å². The van der Waals surface area contributed by atoms with E-state index in [2.05, 4.69) is 14.1 Å². The van der Waals surface area contributed by atoms with Gasteiger partial charge in [-0.2, -0.15) is 4.37 Å². The number of hydrogen-bond acceptors (Lipinski definition) is 5. The maximum Gasteiger partial charge on any atom is 0.263 e. The molecular formula is C11H13N3O2S2. The highest BCUT2D eigenvalue weighted by Gasteiger charge is 2.18. The van der Waals surface area contributed by atoms with Crippen LogP contribution in [0.1, 0.15) is 17.0 Å². The predicted octanol–water partition coefficient (Wildman–Crippen LogP) is 2.26. The third-order valence-corrected chi connectivity index (χ3v) is 4.72. The maximum atomic E-state index is 12.2. The fourth-order valence-electron chi connectivity index (χ4n) is 1.61. The van der Waals surface area contributed by atoms with Gasteiger partial charge in [0.2, 0.25) is 5.13 Å². The highest BCUT2D eigenvalue weighted by molar-refractivity contribution is 7.93. The summed E-state index contributed by atoms with van der Waals surface area (Å²) in [5.74, 6) is 0.554. The summed E-state index contributed by atoms with van der Waals surface area (Å²) in [5, 5.41) is 0.285. The van der Waals surface area contributed by atoms with Gasteiger partial charge in [-0.05, 0) is 32.4 Å². The van der Waals surface area contributed by atoms with E-state index in [1.807, 2.05) is 13.0 Å². The van der Waals surface area contributed by atoms with Crippen LogP contribution in [-0.4, -0.2) is 17.8 Å². The van der Waals surface area contributed by atoms with Gasteiger partial charge in [-0.25, -0.2) is 13.4 Å². The molecule has 1 heterocycles. The van der Waals surface area contributed by atoms with Gasteiger partial charge in [0.05, 0.1) is 4.90 Å². The number of sulfonamides is 1. The average molecular weight is 283 g/mol. The summed E-state index contributed by atoms with van der Waals surface area (Å²) in [4.78, 5) is 4.25. The van der Waals surface area contributed by atoms with E-state index in [1.54, 1.807) is 26.0 Å². The lowest BCUT2D eigenvalue weighted by Gasteiger charge is -2.08. The monoisotopic (exact) mass is 283 g/mol. The minimum Gasteiger partial charge on any atom is -0.253 e. The number of benzene rings is 1. The molecule has 0 radical (unpaired) electrons. The minimum absolute atomic E-state index is 0.265. The molecule has 0 spiro atoms. The number of hydrogen-bond donors (Lipinski definition) is 1. The highest BCUT2D eigenvalue weighted by Crippen LogP contribution is 2.21. The first kappa shape index (κ1) is 13.0. The lowest BCUT2D eigenvalue weighted by Crippen LogP contribution is -2.14. The zero-order chi connectivity index (χ0) is 13.3. The molecule has 0 bridgehead atoms. The van der Waals surface area contributed by atoms with Gasteiger partial charge in [0.15, 0.2) is 0 Å². The highest BCUT2D eigenvalue weighted by atomic mass is 32.2. The first-order valence-electron chi connectivity index (χ1n) is 5.29. The molecule has 0 amide bonds. The van der Waals surface area contributed by atoms with Crippen LogP contribution in [0.3, 0.4) is 0 Å². The van der Waals surface area contributed by atoms with Crippen LogP contribution in [0.4, 0.5) is 5.13 Å². The fourth-order valence-corrected chi connectivity index (χ4v) is 3.64. The Bertz CT molecular complexity index is 677. The van der Waals surface area contributed by atoms with E-state index in [4.69, 9.17) is 0 Å². The molecule has 0 aliphatic heterocycles. The van der Waals surface area contributed by atoms with Crippen LogP contribution in [0.15, 0.2) is 23.1 Å². The van der Waals surface area contributed by atoms with E-state index < -0.39 is 10.0 Å². The number of aryl methyl sites for hydroxylation is 3. The van der Waals surface area contributed by atoms with Crippen molar-refractivity contribution in [2.24, 2.45) is 0 Å². The number of anilines is 1. The van der Waals surface area contributed by atoms with Gasteiger partial charge in [0.25, 0.3) is 10.0 Å². The van der Waals surface area contributed by atoms with Gasteiger partial charge in [-0.3, -0.25) is 4.72 Å². The van der Waals surface area contributed by atoms with Crippen molar-refractivity contribution in [2.75, 3.05) is 4.72 Å². The Labute approximate surface area is 110 Å². The van der Waals surface area contributed by atoms with Crippen LogP contribution in [0.2, 0.25) is 0 Å². The molecule has 0 unspecified atom stereocenters. The molecule has 0 fully saturated rings. The van der Waals surface area contributed by atoms with Gasteiger partial charge < -0.3 is 0 Å². The quantitative estimate of drug-likeness (QED) is 0.938. The topological polar surface area (TPSA) is 72.0 Å². The van der Waals surface area contributed by atoms with Crippen molar-refractivity contribution >= 4 is 26.7 Å². The zero-order valence-electron chi connectivity index (χ0n) is 10.3. The van der Waals surface area contributed by atoms with Crippen molar-refractivity contribution in [1.29, 1.82) is 0 Å². The molecule has 0 atom stereocenters. The largest absolute Gasteiger partial charge is 0.263 e. The first-order valence-corrected chi connectivity index (χ1v) is 7.54. The lowest BCUT2D eigenvalue weighted by molar-refractivity contribution is 0.600. The molecular weight excluding hydrogens is 270 g/mol. The molecule has 7 heteroatoms. The summed E-state index contributed by atoms with van der Waals surface area (Å²) < 4.78 is 30.7. The Kier molecular flexibility index (Phi) is 3.36. The molecule has 18 heavy (non-hydrogen) atoms. The summed E-state index contributed by atoms with van der Waals surface area (Å²) in [7, 11) is -3.59. The molecule has 96 valence electrons. The molecule has 1 aromatic carbocycles. The Morgan fingerprint density at radius 1 is 1.22 bits per heavy atom. The standard InChI is InChI=1S/C11H13N3O2S2/c1-7-4-5-10(8(2)6-7)18(15,16)14-11-12-9(3)13-17-11/h4-6H,1-3H3,(H,12,13,14). The van der Waals surface area contributed by atoms with Gasteiger partial charge in [0, 0.05) is 11.5 Å². The van der Waals surface area contributed by atoms with Crippen molar-refractivity contribution in [2.45, 2.75) is 25.7 Å². The Morgan fingerprint density at radius 2 is 1.94 bits per heavy atom. The molecule has 5 nitrogen and oxygen atoms in total. The van der Waals surface area contributed by atoms with Crippen molar-refractivity contribution in [3.8, 4) is 0 Å². The third kappa shape index (κ3) is 2.68. The number of nitrogens with one attached hydrogen (secondary N) is 1. The molecule has 0 saturated carbocycles. The minimum atomic E-state index is -3.59. The van der Waals surface area contributed by atoms with Gasteiger partial charge in [0.1, 0.15) is 5.82 Å². The fraction of sp³-hybridized carbons (Fsp3) is 0.273. The molecule has 1 aromatic heterocycles. The zero-order valence-corrected chi connectivity index (χ0v) is 11.9. The summed E-state index contributed by atoms with van der Waals surface area (Å²) in [6.45, 7) is 5.41. The average Bonchev–Trinajstić information content (AvgIpc) is 2.62. The van der Waals surface area contributed by atoms with Crippen LogP contribution in [0.5, 0.6) is 0 Å². The van der Waals surface area contributed by atoms with Crippen molar-refractivity contribution in [3.63, 3.8) is 0 Å². The van der Waals surface area contributed by atoms with E-state index >= 15 is 0 Å². The second kappa shape index (κ2) is 4.66. The summed E-state index contributed by atoms with van der Waals surface area (Å²) >= 11 is 1.03. The number of nitrogens with zero attached hydrogens (tertiary/aromatic N) is 2. The van der Waals surface area contributed by atoms with Gasteiger partial charge >= 0.3 is 0 Å². The molecule has 0 aliphatic rings. The third-order valence-electron chi connectivity index (χ3n) is 2.37. The number of aromatic nitrogens is 2. The molecule has 1 N–H and O–H groups in total. The summed E-state index contributed by atoms with van der Waals surface area (Å²) in [5.41, 5.74) is 1.74. The summed E-state index contributed by atoms with van der Waals surface area (Å²) in [6, 6.07) is 5.20. The molecule has 2 rings (SSSR count). The van der Waals surface area contributed by atoms with E-state index in [1.165, 1.54) is 0 Å². The lowest BCUT2D eigenvalue weighted by atomic mass is 10.2. The van der Waals surface area contributed by atoms with Gasteiger partial charge in [-0.1, -0.05) is 17.7 Å². The first-order chi connectivity index (χ1) is 8.38. The smallest absolute Gasteiger partial charge is 0.253 e. The van der Waals surface area contributed by atoms with Crippen LogP contribution < -0.4 is 4.72 Å². The normalized spacial score (nSPS) is 11.5. The number of rotatable bonds is 3. The van der Waals surface area contributed by atoms with Crippen molar-refractivity contribution < 1.29 is 8.42 Å². The van der Waals surface area contributed by atoms with Crippen LogP contribution in [0, 0.1) is 20.8 Å². The van der Waals surface area contributed by atoms with E-state index in [-0.39, 0.29) is 10.0 Å². The predicted molar refractivity (Wildman–Crippen MR) is 71.4 cm³/mol. The second-order valence-electron chi connectivity index (χ2n) is 4.02. The van der Waals surface area contributed by atoms with Crippen LogP contribution >= 0.6 is 11.5 Å². The Morgan fingerprint density at radius 3 is 2.50 bits per heavy atom. The Balaban J connectivity index is 2.36. The van der Waals surface area contributed by atoms with E-state index in [9.17, 15) is 8.42 Å². The van der Waals surface area contributed by atoms with E-state index in [0.29, 0.717) is 11.4 Å². The van der Waals surface area contributed by atoms with Crippen LogP contribution in [0.25, 0.3) is 0 Å². The molecule has 0 saturated heterocycles.